The van der Waals surface area contributed by atoms with E-state index in [1.165, 1.54) is 29.8 Å². The summed E-state index contributed by atoms with van der Waals surface area (Å²) in [6.07, 6.45) is 3.06. The molecule has 1 aromatic heterocycles. The van der Waals surface area contributed by atoms with Crippen molar-refractivity contribution in [3.8, 4) is 11.3 Å². The van der Waals surface area contributed by atoms with E-state index in [0.717, 1.165) is 41.8 Å². The van der Waals surface area contributed by atoms with Gasteiger partial charge in [0.05, 0.1) is 21.4 Å². The van der Waals surface area contributed by atoms with Crippen molar-refractivity contribution in [1.29, 1.82) is 0 Å². The van der Waals surface area contributed by atoms with Crippen molar-refractivity contribution in [2.75, 3.05) is 6.54 Å². The van der Waals surface area contributed by atoms with Crippen molar-refractivity contribution in [3.05, 3.63) is 97.3 Å². The Bertz CT molecular complexity index is 1510. The monoisotopic (exact) mass is 616 g/mol. The van der Waals surface area contributed by atoms with Crippen LogP contribution in [0.4, 0.5) is 8.78 Å². The number of pyridine rings is 1. The molecule has 2 aromatic carbocycles. The highest BCUT2D eigenvalue weighted by Crippen LogP contribution is 2.37. The highest BCUT2D eigenvalue weighted by molar-refractivity contribution is 6.33. The molecule has 42 heavy (non-hydrogen) atoms. The van der Waals surface area contributed by atoms with E-state index in [-0.39, 0.29) is 23.1 Å². The van der Waals surface area contributed by atoms with Crippen LogP contribution in [-0.2, 0) is 17.8 Å². The van der Waals surface area contributed by atoms with Crippen LogP contribution >= 0.6 is 23.2 Å². The van der Waals surface area contributed by atoms with Gasteiger partial charge < -0.3 is 9.47 Å². The summed E-state index contributed by atoms with van der Waals surface area (Å²) in [5.41, 5.74) is 5.35. The van der Waals surface area contributed by atoms with E-state index in [1.807, 2.05) is 19.9 Å². The Hall–Kier alpha value is -2.96. The molecule has 0 radical (unpaired) electrons. The smallest absolute Gasteiger partial charge is 0.250 e. The van der Waals surface area contributed by atoms with Gasteiger partial charge in [-0.2, -0.15) is 0 Å². The van der Waals surface area contributed by atoms with E-state index in [9.17, 15) is 18.4 Å². The molecule has 3 aromatic rings. The van der Waals surface area contributed by atoms with Gasteiger partial charge in [0, 0.05) is 36.7 Å². The second-order valence-corrected chi connectivity index (χ2v) is 12.1. The molecule has 1 aliphatic rings. The Kier molecular flexibility index (Phi) is 12.0. The molecule has 1 amide bonds. The number of benzene rings is 2. The molecule has 2 heterocycles. The number of carbonyl (C=O) groups is 1. The van der Waals surface area contributed by atoms with Gasteiger partial charge in [-0.15, -0.1) is 0 Å². The first-order chi connectivity index (χ1) is 19.9. The number of hydrogen-bond donors (Lipinski definition) is 0. The van der Waals surface area contributed by atoms with Crippen LogP contribution in [-0.4, -0.2) is 21.9 Å². The Morgan fingerprint density at radius 2 is 1.33 bits per heavy atom. The quantitative estimate of drug-likeness (QED) is 0.253. The first-order valence-electron chi connectivity index (χ1n) is 14.5. The Morgan fingerprint density at radius 3 is 1.83 bits per heavy atom. The SMILES string of the molecule is CCN1C(=O)CCC(CC(C)C)=C1c1ccc(F)cc1Cl.CCn1c(-c2ccc(F)cc2Cl)c(CC(C)C)ccc1=O. The maximum absolute atomic E-state index is 13.3. The average Bonchev–Trinajstić information content (AvgIpc) is 2.91. The van der Waals surface area contributed by atoms with E-state index < -0.39 is 0 Å². The number of nitrogens with zero attached hydrogens (tertiary/aromatic N) is 2. The van der Waals surface area contributed by atoms with Gasteiger partial charge in [0.15, 0.2) is 0 Å². The zero-order valence-electron chi connectivity index (χ0n) is 25.2. The fourth-order valence-electron chi connectivity index (χ4n) is 5.41. The van der Waals surface area contributed by atoms with E-state index >= 15 is 0 Å². The van der Waals surface area contributed by atoms with Crippen LogP contribution in [0.3, 0.4) is 0 Å². The van der Waals surface area contributed by atoms with Crippen molar-refractivity contribution in [2.45, 2.75) is 73.8 Å². The van der Waals surface area contributed by atoms with Crippen LogP contribution in [0.1, 0.15) is 71.9 Å². The highest BCUT2D eigenvalue weighted by atomic mass is 35.5. The first-order valence-corrected chi connectivity index (χ1v) is 15.3. The van der Waals surface area contributed by atoms with Crippen molar-refractivity contribution < 1.29 is 13.6 Å². The van der Waals surface area contributed by atoms with Gasteiger partial charge in [0.25, 0.3) is 5.56 Å². The lowest BCUT2D eigenvalue weighted by atomic mass is 9.90. The van der Waals surface area contributed by atoms with Crippen molar-refractivity contribution in [1.82, 2.24) is 9.47 Å². The van der Waals surface area contributed by atoms with E-state index in [2.05, 4.69) is 27.7 Å². The summed E-state index contributed by atoms with van der Waals surface area (Å²) >= 11 is 12.4. The van der Waals surface area contributed by atoms with E-state index in [0.29, 0.717) is 47.0 Å². The average molecular weight is 618 g/mol. The van der Waals surface area contributed by atoms with Crippen molar-refractivity contribution in [2.24, 2.45) is 11.8 Å². The van der Waals surface area contributed by atoms with E-state index in [1.54, 1.807) is 27.7 Å². The molecular formula is C34H40Cl2F2N2O2. The number of rotatable bonds is 8. The first kappa shape index (κ1) is 33.5. The Balaban J connectivity index is 0.000000230. The minimum atomic E-state index is -0.379. The molecule has 4 nitrogen and oxygen atoms in total. The third-order valence-electron chi connectivity index (χ3n) is 7.10. The number of halogens is 4. The van der Waals surface area contributed by atoms with Gasteiger partial charge in [-0.3, -0.25) is 9.59 Å². The van der Waals surface area contributed by atoms with Crippen molar-refractivity contribution >= 4 is 34.8 Å². The lowest BCUT2D eigenvalue weighted by Crippen LogP contribution is -2.33. The second-order valence-electron chi connectivity index (χ2n) is 11.3. The molecule has 0 unspecified atom stereocenters. The molecule has 0 N–H and O–H groups in total. The van der Waals surface area contributed by atoms with Crippen LogP contribution in [0.5, 0.6) is 0 Å². The molecule has 0 atom stereocenters. The zero-order chi connectivity index (χ0) is 31.1. The minimum absolute atomic E-state index is 0.0691. The molecule has 0 fully saturated rings. The van der Waals surface area contributed by atoms with Gasteiger partial charge in [-0.25, -0.2) is 8.78 Å². The van der Waals surface area contributed by atoms with Gasteiger partial charge in [-0.1, -0.05) is 57.0 Å². The van der Waals surface area contributed by atoms with Gasteiger partial charge in [0.1, 0.15) is 11.6 Å². The third kappa shape index (κ3) is 8.11. The molecule has 0 spiro atoms. The fraction of sp³-hybridized carbons (Fsp3) is 0.412. The summed E-state index contributed by atoms with van der Waals surface area (Å²) < 4.78 is 28.3. The molecule has 0 saturated carbocycles. The standard InChI is InChI=1S/C17H21ClFNO.C17H19ClFNO/c2*1-4-20-16(21)8-5-12(9-11(2)3)17(20)14-7-6-13(19)10-15(14)18/h6-7,10-11H,4-5,8-9H2,1-3H3;5-8,10-11H,4,9H2,1-3H3. The van der Waals surface area contributed by atoms with Crippen LogP contribution in [0.25, 0.3) is 17.0 Å². The molecule has 0 aliphatic carbocycles. The zero-order valence-corrected chi connectivity index (χ0v) is 26.8. The lowest BCUT2D eigenvalue weighted by Gasteiger charge is -2.33. The summed E-state index contributed by atoms with van der Waals surface area (Å²) in [5.74, 6) is 0.322. The number of carbonyl (C=O) groups excluding carboxylic acids is 1. The van der Waals surface area contributed by atoms with Crippen LogP contribution < -0.4 is 5.56 Å². The van der Waals surface area contributed by atoms with Gasteiger partial charge in [-0.05, 0) is 92.5 Å². The molecule has 0 bridgehead atoms. The number of aromatic nitrogens is 1. The van der Waals surface area contributed by atoms with E-state index in [4.69, 9.17) is 23.2 Å². The third-order valence-corrected chi connectivity index (χ3v) is 7.73. The Morgan fingerprint density at radius 1 is 0.762 bits per heavy atom. The number of allylic oxidation sites excluding steroid dienone is 1. The molecule has 8 heteroatoms. The maximum atomic E-state index is 13.3. The fourth-order valence-corrected chi connectivity index (χ4v) is 5.93. The van der Waals surface area contributed by atoms with Crippen molar-refractivity contribution in [3.63, 3.8) is 0 Å². The largest absolute Gasteiger partial charge is 0.312 e. The number of amides is 1. The highest BCUT2D eigenvalue weighted by Gasteiger charge is 2.28. The lowest BCUT2D eigenvalue weighted by molar-refractivity contribution is -0.128. The van der Waals surface area contributed by atoms with Crippen LogP contribution in [0.2, 0.25) is 10.0 Å². The molecular weight excluding hydrogens is 577 g/mol. The summed E-state index contributed by atoms with van der Waals surface area (Å²) in [6.45, 7) is 13.6. The minimum Gasteiger partial charge on any atom is -0.312 e. The maximum Gasteiger partial charge on any atom is 0.250 e. The predicted molar refractivity (Wildman–Crippen MR) is 170 cm³/mol. The summed E-state index contributed by atoms with van der Waals surface area (Å²) in [6, 6.07) is 12.1. The normalized spacial score (nSPS) is 13.6. The van der Waals surface area contributed by atoms with Crippen LogP contribution in [0.15, 0.2) is 58.9 Å². The summed E-state index contributed by atoms with van der Waals surface area (Å²) in [7, 11) is 0. The predicted octanol–water partition coefficient (Wildman–Crippen LogP) is 9.40. The molecule has 4 rings (SSSR count). The Labute approximate surface area is 258 Å². The summed E-state index contributed by atoms with van der Waals surface area (Å²) in [4.78, 5) is 26.1. The molecule has 226 valence electrons. The second kappa shape index (κ2) is 15.0. The summed E-state index contributed by atoms with van der Waals surface area (Å²) in [5, 5.41) is 0.687. The number of hydrogen-bond acceptors (Lipinski definition) is 2. The molecule has 1 aliphatic heterocycles. The topological polar surface area (TPSA) is 42.3 Å². The molecule has 0 saturated heterocycles. The van der Waals surface area contributed by atoms with Gasteiger partial charge in [0.2, 0.25) is 5.91 Å². The van der Waals surface area contributed by atoms with Crippen LogP contribution in [0, 0.1) is 23.5 Å². The van der Waals surface area contributed by atoms with Gasteiger partial charge >= 0.3 is 0 Å².